The van der Waals surface area contributed by atoms with Crippen molar-refractivity contribution in [1.29, 1.82) is 0 Å². The number of aryl methyl sites for hydroxylation is 2. The summed E-state index contributed by atoms with van der Waals surface area (Å²) in [7, 11) is 0. The average Bonchev–Trinajstić information content (AvgIpc) is 2.36. The fraction of sp³-hybridized carbons (Fsp3) is 0.333. The molecule has 0 bridgehead atoms. The summed E-state index contributed by atoms with van der Waals surface area (Å²) in [5.74, 6) is 1.70. The molecule has 0 aliphatic carbocycles. The van der Waals surface area contributed by atoms with E-state index < -0.39 is 0 Å². The van der Waals surface area contributed by atoms with Crippen LogP contribution in [0.25, 0.3) is 0 Å². The zero-order valence-electron chi connectivity index (χ0n) is 11.1. The van der Waals surface area contributed by atoms with Gasteiger partial charge in [0, 0.05) is 11.8 Å². The molecule has 0 saturated heterocycles. The van der Waals surface area contributed by atoms with E-state index in [9.17, 15) is 0 Å². The zero-order chi connectivity index (χ0) is 13.0. The van der Waals surface area contributed by atoms with Crippen LogP contribution in [0.1, 0.15) is 36.5 Å². The molecule has 0 aliphatic rings. The van der Waals surface area contributed by atoms with E-state index in [-0.39, 0.29) is 0 Å². The van der Waals surface area contributed by atoms with Crippen molar-refractivity contribution in [3.05, 3.63) is 53.5 Å². The highest BCUT2D eigenvalue weighted by Gasteiger charge is 2.09. The number of nitrogens with zero attached hydrogens (tertiary/aromatic N) is 2. The average molecular weight is 241 g/mol. The molecule has 3 heteroatoms. The summed E-state index contributed by atoms with van der Waals surface area (Å²) in [6.45, 7) is 6.08. The van der Waals surface area contributed by atoms with Gasteiger partial charge >= 0.3 is 0 Å². The molecule has 0 amide bonds. The van der Waals surface area contributed by atoms with Crippen molar-refractivity contribution >= 4 is 5.82 Å². The fourth-order valence-electron chi connectivity index (χ4n) is 2.08. The van der Waals surface area contributed by atoms with E-state index >= 15 is 0 Å². The smallest absolute Gasteiger partial charge is 0.130 e. The first-order chi connectivity index (χ1) is 8.69. The van der Waals surface area contributed by atoms with Gasteiger partial charge in [0.15, 0.2) is 0 Å². The highest BCUT2D eigenvalue weighted by Crippen LogP contribution is 2.21. The topological polar surface area (TPSA) is 37.8 Å². The molecular formula is C15H19N3. The van der Waals surface area contributed by atoms with E-state index in [1.54, 1.807) is 0 Å². The van der Waals surface area contributed by atoms with Gasteiger partial charge in [-0.15, -0.1) is 0 Å². The van der Waals surface area contributed by atoms with Crippen LogP contribution >= 0.6 is 0 Å². The van der Waals surface area contributed by atoms with Gasteiger partial charge in [-0.05, 0) is 25.8 Å². The number of anilines is 1. The van der Waals surface area contributed by atoms with E-state index in [0.29, 0.717) is 6.04 Å². The van der Waals surface area contributed by atoms with Crippen LogP contribution < -0.4 is 5.32 Å². The van der Waals surface area contributed by atoms with Crippen LogP contribution in [0, 0.1) is 13.8 Å². The molecule has 2 aromatic rings. The monoisotopic (exact) mass is 241 g/mol. The number of aromatic nitrogens is 2. The molecule has 0 saturated carbocycles. The molecule has 94 valence electrons. The van der Waals surface area contributed by atoms with Crippen molar-refractivity contribution in [2.24, 2.45) is 0 Å². The maximum Gasteiger partial charge on any atom is 0.130 e. The third-order valence-electron chi connectivity index (χ3n) is 2.90. The molecule has 1 heterocycles. The molecule has 0 fully saturated rings. The molecule has 0 spiro atoms. The predicted molar refractivity (Wildman–Crippen MR) is 74.6 cm³/mol. The van der Waals surface area contributed by atoms with Gasteiger partial charge in [0.2, 0.25) is 0 Å². The second kappa shape index (κ2) is 5.63. The Kier molecular flexibility index (Phi) is 3.92. The summed E-state index contributed by atoms with van der Waals surface area (Å²) >= 11 is 0. The van der Waals surface area contributed by atoms with E-state index in [0.717, 1.165) is 23.8 Å². The second-order valence-electron chi connectivity index (χ2n) is 4.46. The number of nitrogens with one attached hydrogen (secondary N) is 1. The lowest BCUT2D eigenvalue weighted by molar-refractivity contribution is 0.742. The third kappa shape index (κ3) is 3.06. The minimum absolute atomic E-state index is 0.292. The molecule has 0 radical (unpaired) electrons. The van der Waals surface area contributed by atoms with E-state index in [1.807, 2.05) is 26.0 Å². The van der Waals surface area contributed by atoms with Gasteiger partial charge in [0.25, 0.3) is 0 Å². The Labute approximate surface area is 108 Å². The van der Waals surface area contributed by atoms with Crippen molar-refractivity contribution < 1.29 is 0 Å². The Balaban J connectivity index is 2.20. The summed E-state index contributed by atoms with van der Waals surface area (Å²) in [4.78, 5) is 8.71. The van der Waals surface area contributed by atoms with Crippen LogP contribution in [0.3, 0.4) is 0 Å². The van der Waals surface area contributed by atoms with Gasteiger partial charge in [-0.25, -0.2) is 9.97 Å². The zero-order valence-corrected chi connectivity index (χ0v) is 11.1. The number of hydrogen-bond donors (Lipinski definition) is 1. The van der Waals surface area contributed by atoms with Gasteiger partial charge < -0.3 is 5.32 Å². The lowest BCUT2D eigenvalue weighted by atomic mass is 10.0. The van der Waals surface area contributed by atoms with Gasteiger partial charge in [-0.2, -0.15) is 0 Å². The van der Waals surface area contributed by atoms with Gasteiger partial charge in [0.05, 0.1) is 6.04 Å². The van der Waals surface area contributed by atoms with E-state index in [4.69, 9.17) is 0 Å². The highest BCUT2D eigenvalue weighted by molar-refractivity contribution is 5.39. The van der Waals surface area contributed by atoms with Gasteiger partial charge in [-0.1, -0.05) is 37.3 Å². The van der Waals surface area contributed by atoms with Gasteiger partial charge in [-0.3, -0.25) is 0 Å². The van der Waals surface area contributed by atoms with E-state index in [1.165, 1.54) is 5.56 Å². The Morgan fingerprint density at radius 3 is 2.44 bits per heavy atom. The van der Waals surface area contributed by atoms with Gasteiger partial charge in [0.1, 0.15) is 11.6 Å². The largest absolute Gasteiger partial charge is 0.363 e. The van der Waals surface area contributed by atoms with Crippen molar-refractivity contribution in [2.45, 2.75) is 33.2 Å². The van der Waals surface area contributed by atoms with Crippen molar-refractivity contribution in [3.8, 4) is 0 Å². The molecular weight excluding hydrogens is 222 g/mol. The standard InChI is InChI=1S/C15H19N3/c1-4-14(13-8-6-5-7-9-13)18-15-10-11(2)16-12(3)17-15/h5-10,14H,4H2,1-3H3,(H,16,17,18). The van der Waals surface area contributed by atoms with Crippen LogP contribution in [0.5, 0.6) is 0 Å². The lowest BCUT2D eigenvalue weighted by Gasteiger charge is -2.18. The first kappa shape index (κ1) is 12.6. The minimum atomic E-state index is 0.292. The molecule has 1 aromatic carbocycles. The van der Waals surface area contributed by atoms with Crippen molar-refractivity contribution in [2.75, 3.05) is 5.32 Å². The van der Waals surface area contributed by atoms with Crippen molar-refractivity contribution in [1.82, 2.24) is 9.97 Å². The molecule has 1 aromatic heterocycles. The molecule has 1 N–H and O–H groups in total. The molecule has 3 nitrogen and oxygen atoms in total. The number of hydrogen-bond acceptors (Lipinski definition) is 3. The Hall–Kier alpha value is -1.90. The molecule has 2 rings (SSSR count). The molecule has 1 unspecified atom stereocenters. The number of benzene rings is 1. The fourth-order valence-corrected chi connectivity index (χ4v) is 2.08. The first-order valence-electron chi connectivity index (χ1n) is 6.33. The maximum absolute atomic E-state index is 4.43. The van der Waals surface area contributed by atoms with Crippen molar-refractivity contribution in [3.63, 3.8) is 0 Å². The Bertz CT molecular complexity index is 488. The SMILES string of the molecule is CCC(Nc1cc(C)nc(C)n1)c1ccccc1. The maximum atomic E-state index is 4.43. The highest BCUT2D eigenvalue weighted by atomic mass is 15.0. The van der Waals surface area contributed by atoms with Crippen LogP contribution in [0.2, 0.25) is 0 Å². The van der Waals surface area contributed by atoms with Crippen LogP contribution in [-0.2, 0) is 0 Å². The predicted octanol–water partition coefficient (Wildman–Crippen LogP) is 3.66. The molecule has 0 aliphatic heterocycles. The van der Waals surface area contributed by atoms with Crippen LogP contribution in [-0.4, -0.2) is 9.97 Å². The third-order valence-corrected chi connectivity index (χ3v) is 2.90. The van der Waals surface area contributed by atoms with Crippen LogP contribution in [0.4, 0.5) is 5.82 Å². The van der Waals surface area contributed by atoms with Crippen LogP contribution in [0.15, 0.2) is 36.4 Å². The summed E-state index contributed by atoms with van der Waals surface area (Å²) in [6.07, 6.45) is 1.02. The Morgan fingerprint density at radius 1 is 1.11 bits per heavy atom. The molecule has 1 atom stereocenters. The normalized spacial score (nSPS) is 12.2. The Morgan fingerprint density at radius 2 is 1.83 bits per heavy atom. The quantitative estimate of drug-likeness (QED) is 0.887. The minimum Gasteiger partial charge on any atom is -0.363 e. The second-order valence-corrected chi connectivity index (χ2v) is 4.46. The van der Waals surface area contributed by atoms with E-state index in [2.05, 4.69) is 46.5 Å². The lowest BCUT2D eigenvalue weighted by Crippen LogP contribution is -2.11. The summed E-state index contributed by atoms with van der Waals surface area (Å²) in [6, 6.07) is 12.7. The number of rotatable bonds is 4. The molecule has 18 heavy (non-hydrogen) atoms. The summed E-state index contributed by atoms with van der Waals surface area (Å²) in [5.41, 5.74) is 2.28. The first-order valence-corrected chi connectivity index (χ1v) is 6.33. The summed E-state index contributed by atoms with van der Waals surface area (Å²) < 4.78 is 0. The summed E-state index contributed by atoms with van der Waals surface area (Å²) in [5, 5.41) is 3.48.